The molecule has 2 saturated heterocycles. The minimum absolute atomic E-state index is 0.0257. The molecule has 0 unspecified atom stereocenters. The van der Waals surface area contributed by atoms with Crippen molar-refractivity contribution >= 4 is 23.3 Å². The number of anilines is 2. The summed E-state index contributed by atoms with van der Waals surface area (Å²) in [6.07, 6.45) is 3.64. The largest absolute Gasteiger partial charge is 0.369 e. The highest BCUT2D eigenvalue weighted by molar-refractivity contribution is 5.93. The molecule has 2 heterocycles. The number of likely N-dealkylation sites (tertiary alicyclic amines) is 1. The Hall–Kier alpha value is -2.28. The maximum absolute atomic E-state index is 12.6. The molecule has 28 heavy (non-hydrogen) atoms. The molecule has 2 N–H and O–H groups in total. The van der Waals surface area contributed by atoms with Gasteiger partial charge in [-0.25, -0.2) is 4.79 Å². The lowest BCUT2D eigenvalue weighted by atomic mass is 9.96. The Balaban J connectivity index is 1.24. The van der Waals surface area contributed by atoms with E-state index in [-0.39, 0.29) is 17.9 Å². The van der Waals surface area contributed by atoms with Gasteiger partial charge in [0.15, 0.2) is 0 Å². The highest BCUT2D eigenvalue weighted by atomic mass is 16.2. The van der Waals surface area contributed by atoms with Gasteiger partial charge in [0.2, 0.25) is 5.91 Å². The van der Waals surface area contributed by atoms with Gasteiger partial charge in [-0.05, 0) is 57.0 Å². The number of nitrogens with zero attached hydrogens (tertiary/aromatic N) is 3. The zero-order chi connectivity index (χ0) is 19.5. The fraction of sp³-hybridized carbons (Fsp3) is 0.619. The Morgan fingerprint density at radius 1 is 0.893 bits per heavy atom. The summed E-state index contributed by atoms with van der Waals surface area (Å²) < 4.78 is 0. The Morgan fingerprint density at radius 2 is 1.54 bits per heavy atom. The third-order valence-corrected chi connectivity index (χ3v) is 6.06. The van der Waals surface area contributed by atoms with Gasteiger partial charge < -0.3 is 25.3 Å². The van der Waals surface area contributed by atoms with Crippen LogP contribution in [0.4, 0.5) is 16.2 Å². The number of hydrogen-bond acceptors (Lipinski definition) is 4. The molecule has 3 aliphatic rings. The summed E-state index contributed by atoms with van der Waals surface area (Å²) in [6.45, 7) is 5.54. The van der Waals surface area contributed by atoms with Crippen LogP contribution in [0.5, 0.6) is 0 Å². The lowest BCUT2D eigenvalue weighted by Gasteiger charge is -2.34. The topological polar surface area (TPSA) is 67.9 Å². The molecule has 0 radical (unpaired) electrons. The van der Waals surface area contributed by atoms with E-state index in [1.807, 2.05) is 17.0 Å². The molecular weight excluding hydrogens is 354 g/mol. The molecule has 2 aliphatic heterocycles. The van der Waals surface area contributed by atoms with Crippen molar-refractivity contribution in [3.63, 3.8) is 0 Å². The van der Waals surface area contributed by atoms with Crippen LogP contribution in [-0.4, -0.2) is 74.1 Å². The van der Waals surface area contributed by atoms with Gasteiger partial charge in [0.25, 0.3) is 0 Å². The average Bonchev–Trinajstić information content (AvgIpc) is 3.53. The van der Waals surface area contributed by atoms with Crippen LogP contribution in [0.1, 0.15) is 25.7 Å². The van der Waals surface area contributed by atoms with E-state index in [0.29, 0.717) is 19.1 Å². The number of carbonyl (C=O) groups excluding carboxylic acids is 2. The molecule has 152 valence electrons. The van der Waals surface area contributed by atoms with Crippen LogP contribution >= 0.6 is 0 Å². The van der Waals surface area contributed by atoms with Crippen molar-refractivity contribution < 1.29 is 9.59 Å². The quantitative estimate of drug-likeness (QED) is 0.832. The number of hydrogen-bond donors (Lipinski definition) is 2. The molecule has 0 atom stereocenters. The van der Waals surface area contributed by atoms with Crippen LogP contribution in [0.25, 0.3) is 0 Å². The summed E-state index contributed by atoms with van der Waals surface area (Å²) in [4.78, 5) is 31.3. The summed E-state index contributed by atoms with van der Waals surface area (Å²) in [5.74, 6) is 0.0388. The molecule has 1 aliphatic carbocycles. The molecule has 3 amide bonds. The van der Waals surface area contributed by atoms with Crippen molar-refractivity contribution in [3.8, 4) is 0 Å². The third-order valence-electron chi connectivity index (χ3n) is 6.06. The second-order valence-electron chi connectivity index (χ2n) is 8.31. The Bertz CT molecular complexity index is 687. The van der Waals surface area contributed by atoms with Crippen LogP contribution in [-0.2, 0) is 4.79 Å². The van der Waals surface area contributed by atoms with Crippen LogP contribution in [0.2, 0.25) is 0 Å². The number of piperazine rings is 1. The maximum Gasteiger partial charge on any atom is 0.317 e. The van der Waals surface area contributed by atoms with E-state index in [4.69, 9.17) is 0 Å². The normalized spacial score (nSPS) is 21.5. The first-order valence-corrected chi connectivity index (χ1v) is 10.5. The molecule has 1 aromatic rings. The van der Waals surface area contributed by atoms with Crippen molar-refractivity contribution in [2.75, 3.05) is 56.5 Å². The van der Waals surface area contributed by atoms with E-state index < -0.39 is 0 Å². The van der Waals surface area contributed by atoms with Crippen LogP contribution in [0.15, 0.2) is 24.3 Å². The first-order valence-electron chi connectivity index (χ1n) is 10.5. The molecule has 4 rings (SSSR count). The first kappa shape index (κ1) is 19.1. The number of urea groups is 1. The second kappa shape index (κ2) is 8.39. The van der Waals surface area contributed by atoms with Crippen LogP contribution in [0.3, 0.4) is 0 Å². The van der Waals surface area contributed by atoms with Crippen LogP contribution < -0.4 is 15.5 Å². The smallest absolute Gasteiger partial charge is 0.317 e. The minimum atomic E-state index is -0.0257. The Labute approximate surface area is 167 Å². The number of rotatable bonds is 4. The molecule has 1 saturated carbocycles. The highest BCUT2D eigenvalue weighted by Gasteiger charge is 2.30. The predicted octanol–water partition coefficient (Wildman–Crippen LogP) is 1.96. The average molecular weight is 386 g/mol. The van der Waals surface area contributed by atoms with Crippen molar-refractivity contribution in [1.82, 2.24) is 15.1 Å². The Kier molecular flexibility index (Phi) is 5.71. The number of amides is 3. The van der Waals surface area contributed by atoms with Crippen molar-refractivity contribution in [2.45, 2.75) is 31.7 Å². The van der Waals surface area contributed by atoms with E-state index in [9.17, 15) is 9.59 Å². The molecule has 0 spiro atoms. The summed E-state index contributed by atoms with van der Waals surface area (Å²) in [7, 11) is 2.15. The van der Waals surface area contributed by atoms with Gasteiger partial charge >= 0.3 is 6.03 Å². The zero-order valence-corrected chi connectivity index (χ0v) is 16.7. The molecule has 7 heteroatoms. The lowest BCUT2D eigenvalue weighted by molar-refractivity contribution is -0.121. The summed E-state index contributed by atoms with van der Waals surface area (Å²) in [5, 5.41) is 6.07. The van der Waals surface area contributed by atoms with E-state index in [1.54, 1.807) is 0 Å². The number of carbonyl (C=O) groups is 2. The van der Waals surface area contributed by atoms with Gasteiger partial charge in [-0.3, -0.25) is 4.79 Å². The number of likely N-dealkylation sites (N-methyl/N-ethyl adjacent to an activating group) is 1. The number of nitrogens with one attached hydrogen (secondary N) is 2. The monoisotopic (exact) mass is 385 g/mol. The summed E-state index contributed by atoms with van der Waals surface area (Å²) in [6, 6.07) is 8.56. The first-order chi connectivity index (χ1) is 13.6. The zero-order valence-electron chi connectivity index (χ0n) is 16.7. The molecular formula is C21H31N5O2. The number of piperidine rings is 1. The van der Waals surface area contributed by atoms with E-state index >= 15 is 0 Å². The fourth-order valence-corrected chi connectivity index (χ4v) is 3.90. The molecule has 0 aromatic heterocycles. The van der Waals surface area contributed by atoms with E-state index in [0.717, 1.165) is 57.5 Å². The fourth-order valence-electron chi connectivity index (χ4n) is 3.90. The molecule has 3 fully saturated rings. The Morgan fingerprint density at radius 3 is 2.14 bits per heavy atom. The van der Waals surface area contributed by atoms with E-state index in [1.165, 1.54) is 5.69 Å². The van der Waals surface area contributed by atoms with E-state index in [2.05, 4.69) is 39.6 Å². The molecule has 7 nitrogen and oxygen atoms in total. The molecule has 1 aromatic carbocycles. The summed E-state index contributed by atoms with van der Waals surface area (Å²) >= 11 is 0. The van der Waals surface area contributed by atoms with Gasteiger partial charge in [0.1, 0.15) is 0 Å². The van der Waals surface area contributed by atoms with Gasteiger partial charge in [0, 0.05) is 62.6 Å². The van der Waals surface area contributed by atoms with Gasteiger partial charge in [-0.1, -0.05) is 0 Å². The standard InChI is InChI=1S/C21H31N5O2/c1-24-12-14-25(15-13-24)19-6-4-17(5-7-19)22-20(27)16-8-10-26(11-9-16)21(28)23-18-2-3-18/h4-7,16,18H,2-3,8-15H2,1H3,(H,22,27)(H,23,28). The van der Waals surface area contributed by atoms with Gasteiger partial charge in [0.05, 0.1) is 0 Å². The van der Waals surface area contributed by atoms with Crippen molar-refractivity contribution in [1.29, 1.82) is 0 Å². The van der Waals surface area contributed by atoms with Crippen molar-refractivity contribution in [3.05, 3.63) is 24.3 Å². The maximum atomic E-state index is 12.6. The number of benzene rings is 1. The third kappa shape index (κ3) is 4.76. The van der Waals surface area contributed by atoms with Crippen LogP contribution in [0, 0.1) is 5.92 Å². The molecule has 0 bridgehead atoms. The highest BCUT2D eigenvalue weighted by Crippen LogP contribution is 2.23. The SMILES string of the molecule is CN1CCN(c2ccc(NC(=O)C3CCN(C(=O)NC4CC4)CC3)cc2)CC1. The van der Waals surface area contributed by atoms with Gasteiger partial charge in [-0.15, -0.1) is 0 Å². The minimum Gasteiger partial charge on any atom is -0.369 e. The van der Waals surface area contributed by atoms with Gasteiger partial charge in [-0.2, -0.15) is 0 Å². The second-order valence-corrected chi connectivity index (χ2v) is 8.31. The predicted molar refractivity (Wildman–Crippen MR) is 111 cm³/mol. The lowest BCUT2D eigenvalue weighted by Crippen LogP contribution is -2.46. The van der Waals surface area contributed by atoms with Crippen molar-refractivity contribution in [2.24, 2.45) is 5.92 Å². The summed E-state index contributed by atoms with van der Waals surface area (Å²) in [5.41, 5.74) is 2.05.